The minimum absolute atomic E-state index is 0.717. The second-order valence-corrected chi connectivity index (χ2v) is 5.48. The van der Waals surface area contributed by atoms with Gasteiger partial charge in [-0.05, 0) is 30.7 Å². The Hall–Kier alpha value is -1.58. The molecule has 3 aromatic rings. The lowest BCUT2D eigenvalue weighted by molar-refractivity contribution is 1.40. The van der Waals surface area contributed by atoms with Crippen LogP contribution in [0.5, 0.6) is 0 Å². The number of thiazole rings is 1. The number of para-hydroxylation sites is 2. The fourth-order valence-electron chi connectivity index (χ4n) is 1.82. The molecule has 0 saturated carbocycles. The maximum atomic E-state index is 6.19. The maximum absolute atomic E-state index is 6.19. The third-order valence-corrected chi connectivity index (χ3v) is 4.01. The van der Waals surface area contributed by atoms with Gasteiger partial charge in [0.15, 0.2) is 5.13 Å². The summed E-state index contributed by atoms with van der Waals surface area (Å²) >= 11 is 7.82. The summed E-state index contributed by atoms with van der Waals surface area (Å²) in [4.78, 5) is 4.54. The number of aromatic nitrogens is 1. The van der Waals surface area contributed by atoms with E-state index < -0.39 is 0 Å². The molecule has 0 amide bonds. The molecule has 0 atom stereocenters. The van der Waals surface area contributed by atoms with Gasteiger partial charge in [-0.25, -0.2) is 4.98 Å². The van der Waals surface area contributed by atoms with Crippen molar-refractivity contribution in [3.8, 4) is 0 Å². The van der Waals surface area contributed by atoms with Crippen molar-refractivity contribution >= 4 is 44.0 Å². The lowest BCUT2D eigenvalue weighted by Crippen LogP contribution is -1.93. The van der Waals surface area contributed by atoms with Gasteiger partial charge in [-0.2, -0.15) is 0 Å². The van der Waals surface area contributed by atoms with Crippen LogP contribution < -0.4 is 5.32 Å². The van der Waals surface area contributed by atoms with Gasteiger partial charge in [0.05, 0.1) is 20.9 Å². The molecule has 2 nitrogen and oxygen atoms in total. The first-order valence-corrected chi connectivity index (χ1v) is 6.81. The molecule has 1 heterocycles. The first kappa shape index (κ1) is 11.5. The van der Waals surface area contributed by atoms with Crippen LogP contribution >= 0.6 is 22.9 Å². The van der Waals surface area contributed by atoms with Crippen molar-refractivity contribution < 1.29 is 0 Å². The molecule has 0 saturated heterocycles. The van der Waals surface area contributed by atoms with E-state index in [1.165, 1.54) is 4.70 Å². The molecular formula is C14H11ClN2S. The zero-order valence-electron chi connectivity index (χ0n) is 9.77. The number of aryl methyl sites for hydroxylation is 1. The molecule has 90 valence electrons. The topological polar surface area (TPSA) is 24.9 Å². The number of rotatable bonds is 2. The van der Waals surface area contributed by atoms with Crippen molar-refractivity contribution in [3.63, 3.8) is 0 Å². The Morgan fingerprint density at radius 1 is 1.11 bits per heavy atom. The van der Waals surface area contributed by atoms with E-state index in [2.05, 4.69) is 16.4 Å². The lowest BCUT2D eigenvalue weighted by Gasteiger charge is -2.08. The van der Waals surface area contributed by atoms with Crippen LogP contribution in [-0.2, 0) is 0 Å². The van der Waals surface area contributed by atoms with Crippen molar-refractivity contribution in [3.05, 3.63) is 53.1 Å². The van der Waals surface area contributed by atoms with Crippen molar-refractivity contribution in [2.24, 2.45) is 0 Å². The molecular weight excluding hydrogens is 264 g/mol. The van der Waals surface area contributed by atoms with Gasteiger partial charge in [0, 0.05) is 0 Å². The minimum Gasteiger partial charge on any atom is -0.330 e. The maximum Gasteiger partial charge on any atom is 0.188 e. The number of halogens is 1. The standard InChI is InChI=1S/C14H11ClN2S/c1-9-5-4-6-10(15)13(9)17-14-16-11-7-2-3-8-12(11)18-14/h2-8H,1H3,(H,16,17). The monoisotopic (exact) mass is 274 g/mol. The summed E-state index contributed by atoms with van der Waals surface area (Å²) in [7, 11) is 0. The number of nitrogens with zero attached hydrogens (tertiary/aromatic N) is 1. The Bertz CT molecular complexity index is 653. The number of nitrogens with one attached hydrogen (secondary N) is 1. The molecule has 1 aromatic heterocycles. The highest BCUT2D eigenvalue weighted by Crippen LogP contribution is 2.32. The Balaban J connectivity index is 2.01. The van der Waals surface area contributed by atoms with Crippen LogP contribution in [0.15, 0.2) is 42.5 Å². The molecule has 0 radical (unpaired) electrons. The zero-order valence-corrected chi connectivity index (χ0v) is 11.3. The molecule has 4 heteroatoms. The molecule has 0 bridgehead atoms. The van der Waals surface area contributed by atoms with Gasteiger partial charge in [-0.15, -0.1) is 0 Å². The number of benzene rings is 2. The summed E-state index contributed by atoms with van der Waals surface area (Å²) in [6, 6.07) is 13.9. The Morgan fingerprint density at radius 2 is 1.94 bits per heavy atom. The second kappa shape index (κ2) is 4.59. The van der Waals surface area contributed by atoms with Crippen LogP contribution in [0.3, 0.4) is 0 Å². The van der Waals surface area contributed by atoms with Gasteiger partial charge in [-0.1, -0.05) is 47.2 Å². The summed E-state index contributed by atoms with van der Waals surface area (Å²) in [6.45, 7) is 2.03. The van der Waals surface area contributed by atoms with Crippen molar-refractivity contribution in [2.45, 2.75) is 6.92 Å². The van der Waals surface area contributed by atoms with E-state index in [1.807, 2.05) is 43.3 Å². The predicted octanol–water partition coefficient (Wildman–Crippen LogP) is 5.00. The van der Waals surface area contributed by atoms with Crippen LogP contribution in [0.2, 0.25) is 5.02 Å². The highest BCUT2D eigenvalue weighted by molar-refractivity contribution is 7.22. The molecule has 0 fully saturated rings. The number of fused-ring (bicyclic) bond motifs is 1. The summed E-state index contributed by atoms with van der Waals surface area (Å²) in [5, 5.41) is 4.89. The van der Waals surface area contributed by atoms with E-state index in [4.69, 9.17) is 11.6 Å². The first-order valence-electron chi connectivity index (χ1n) is 5.62. The molecule has 0 aliphatic heterocycles. The van der Waals surface area contributed by atoms with Gasteiger partial charge in [0.25, 0.3) is 0 Å². The number of hydrogen-bond acceptors (Lipinski definition) is 3. The van der Waals surface area contributed by atoms with Crippen molar-refractivity contribution in [1.82, 2.24) is 4.98 Å². The van der Waals surface area contributed by atoms with E-state index in [0.29, 0.717) is 5.02 Å². The zero-order chi connectivity index (χ0) is 12.5. The van der Waals surface area contributed by atoms with Crippen LogP contribution in [0.25, 0.3) is 10.2 Å². The molecule has 3 rings (SSSR count). The number of hydrogen-bond donors (Lipinski definition) is 1. The average molecular weight is 275 g/mol. The largest absolute Gasteiger partial charge is 0.330 e. The molecule has 0 aliphatic carbocycles. The molecule has 1 N–H and O–H groups in total. The lowest BCUT2D eigenvalue weighted by atomic mass is 10.2. The minimum atomic E-state index is 0.717. The van der Waals surface area contributed by atoms with Gasteiger partial charge < -0.3 is 5.32 Å². The quantitative estimate of drug-likeness (QED) is 0.711. The molecule has 18 heavy (non-hydrogen) atoms. The van der Waals surface area contributed by atoms with E-state index in [9.17, 15) is 0 Å². The first-order chi connectivity index (χ1) is 8.74. The molecule has 2 aromatic carbocycles. The summed E-state index contributed by atoms with van der Waals surface area (Å²) in [6.07, 6.45) is 0. The molecule has 0 spiro atoms. The highest BCUT2D eigenvalue weighted by atomic mass is 35.5. The SMILES string of the molecule is Cc1cccc(Cl)c1Nc1nc2ccccc2s1. The average Bonchev–Trinajstić information content (AvgIpc) is 2.76. The Morgan fingerprint density at radius 3 is 2.72 bits per heavy atom. The second-order valence-electron chi connectivity index (χ2n) is 4.04. The van der Waals surface area contributed by atoms with E-state index in [0.717, 1.165) is 21.9 Å². The fourth-order valence-corrected chi connectivity index (χ4v) is 2.96. The molecule has 0 unspecified atom stereocenters. The van der Waals surface area contributed by atoms with Gasteiger partial charge in [0.2, 0.25) is 0 Å². The fraction of sp³-hybridized carbons (Fsp3) is 0.0714. The Labute approximate surface area is 114 Å². The van der Waals surface area contributed by atoms with Crippen molar-refractivity contribution in [1.29, 1.82) is 0 Å². The van der Waals surface area contributed by atoms with E-state index in [-0.39, 0.29) is 0 Å². The Kier molecular flexibility index (Phi) is 2.94. The third-order valence-electron chi connectivity index (χ3n) is 2.75. The van der Waals surface area contributed by atoms with Crippen LogP contribution in [0.1, 0.15) is 5.56 Å². The van der Waals surface area contributed by atoms with Crippen LogP contribution in [0, 0.1) is 6.92 Å². The van der Waals surface area contributed by atoms with E-state index in [1.54, 1.807) is 11.3 Å². The highest BCUT2D eigenvalue weighted by Gasteiger charge is 2.07. The van der Waals surface area contributed by atoms with Gasteiger partial charge in [0.1, 0.15) is 0 Å². The summed E-state index contributed by atoms with van der Waals surface area (Å²) in [5.41, 5.74) is 3.05. The normalized spacial score (nSPS) is 10.8. The number of anilines is 2. The summed E-state index contributed by atoms with van der Waals surface area (Å²) < 4.78 is 1.17. The van der Waals surface area contributed by atoms with Gasteiger partial charge >= 0.3 is 0 Å². The van der Waals surface area contributed by atoms with Crippen LogP contribution in [0.4, 0.5) is 10.8 Å². The van der Waals surface area contributed by atoms with Crippen molar-refractivity contribution in [2.75, 3.05) is 5.32 Å². The van der Waals surface area contributed by atoms with Crippen LogP contribution in [-0.4, -0.2) is 4.98 Å². The molecule has 0 aliphatic rings. The summed E-state index contributed by atoms with van der Waals surface area (Å²) in [5.74, 6) is 0. The third kappa shape index (κ3) is 2.07. The van der Waals surface area contributed by atoms with Gasteiger partial charge in [-0.3, -0.25) is 0 Å². The predicted molar refractivity (Wildman–Crippen MR) is 79.1 cm³/mol. The smallest absolute Gasteiger partial charge is 0.188 e. The van der Waals surface area contributed by atoms with E-state index >= 15 is 0 Å².